The van der Waals surface area contributed by atoms with Gasteiger partial charge in [0.25, 0.3) is 5.69 Å². The maximum absolute atomic E-state index is 11.9. The highest BCUT2D eigenvalue weighted by Crippen LogP contribution is 2.14. The smallest absolute Gasteiger partial charge is 0.269 e. The van der Waals surface area contributed by atoms with Crippen molar-refractivity contribution in [3.05, 3.63) is 64.2 Å². The van der Waals surface area contributed by atoms with E-state index in [1.165, 1.54) is 43.0 Å². The molecule has 2 rings (SSSR count). The zero-order chi connectivity index (χ0) is 12.3. The summed E-state index contributed by atoms with van der Waals surface area (Å²) in [6.45, 7) is 0. The third-order valence-corrected chi connectivity index (χ3v) is 2.16. The van der Waals surface area contributed by atoms with Crippen LogP contribution < -0.4 is 0 Å². The van der Waals surface area contributed by atoms with Crippen LogP contribution in [-0.4, -0.2) is 20.7 Å². The molecule has 1 aromatic heterocycles. The molecule has 0 saturated carbocycles. The number of carbonyl (C=O) groups excluding carboxylic acids is 1. The topological polar surface area (TPSA) is 86.0 Å². The van der Waals surface area contributed by atoms with E-state index in [1.54, 1.807) is 0 Å². The van der Waals surface area contributed by atoms with Gasteiger partial charge in [-0.3, -0.25) is 14.9 Å². The number of carbonyl (C=O) groups is 1. The summed E-state index contributed by atoms with van der Waals surface area (Å²) in [5.74, 6) is -0.263. The van der Waals surface area contributed by atoms with Gasteiger partial charge in [0.05, 0.1) is 10.5 Å². The average Bonchev–Trinajstić information content (AvgIpc) is 2.39. The van der Waals surface area contributed by atoms with Crippen molar-refractivity contribution in [3.8, 4) is 0 Å². The van der Waals surface area contributed by atoms with Crippen LogP contribution in [0.5, 0.6) is 0 Å². The minimum atomic E-state index is -0.514. The Hall–Kier alpha value is -2.63. The lowest BCUT2D eigenvalue weighted by Gasteiger charge is -1.99. The number of ketones is 1. The Morgan fingerprint density at radius 3 is 2.18 bits per heavy atom. The molecule has 0 amide bonds. The molecule has 0 fully saturated rings. The van der Waals surface area contributed by atoms with Gasteiger partial charge in [-0.25, -0.2) is 9.97 Å². The van der Waals surface area contributed by atoms with E-state index in [-0.39, 0.29) is 11.5 Å². The molecular formula is C11H7N3O3. The monoisotopic (exact) mass is 229 g/mol. The summed E-state index contributed by atoms with van der Waals surface area (Å²) < 4.78 is 0. The van der Waals surface area contributed by atoms with Crippen molar-refractivity contribution < 1.29 is 9.72 Å². The summed E-state index contributed by atoms with van der Waals surface area (Å²) in [7, 11) is 0. The Morgan fingerprint density at radius 2 is 1.65 bits per heavy atom. The summed E-state index contributed by atoms with van der Waals surface area (Å²) in [6.07, 6.45) is 4.13. The molecule has 0 radical (unpaired) electrons. The van der Waals surface area contributed by atoms with Crippen LogP contribution in [0.15, 0.2) is 43.0 Å². The van der Waals surface area contributed by atoms with Gasteiger partial charge in [-0.15, -0.1) is 0 Å². The van der Waals surface area contributed by atoms with Crippen LogP contribution in [0.25, 0.3) is 0 Å². The normalized spacial score (nSPS) is 9.88. The summed E-state index contributed by atoms with van der Waals surface area (Å²) in [5.41, 5.74) is 0.664. The largest absolute Gasteiger partial charge is 0.288 e. The van der Waals surface area contributed by atoms with Gasteiger partial charge in [-0.1, -0.05) is 0 Å². The van der Waals surface area contributed by atoms with Gasteiger partial charge >= 0.3 is 0 Å². The van der Waals surface area contributed by atoms with E-state index < -0.39 is 4.92 Å². The average molecular weight is 229 g/mol. The first-order chi connectivity index (χ1) is 8.18. The van der Waals surface area contributed by atoms with E-state index in [1.807, 2.05) is 0 Å². The van der Waals surface area contributed by atoms with E-state index in [0.717, 1.165) is 0 Å². The number of nitrogens with zero attached hydrogens (tertiary/aromatic N) is 3. The summed E-state index contributed by atoms with van der Waals surface area (Å²) in [6, 6.07) is 5.40. The first-order valence-electron chi connectivity index (χ1n) is 4.72. The van der Waals surface area contributed by atoms with Crippen molar-refractivity contribution >= 4 is 11.5 Å². The lowest BCUT2D eigenvalue weighted by atomic mass is 10.1. The quantitative estimate of drug-likeness (QED) is 0.453. The first kappa shape index (κ1) is 10.9. The lowest BCUT2D eigenvalue weighted by Crippen LogP contribution is -2.02. The van der Waals surface area contributed by atoms with Gasteiger partial charge in [0.1, 0.15) is 6.33 Å². The molecule has 17 heavy (non-hydrogen) atoms. The molecule has 0 aliphatic carbocycles. The zero-order valence-corrected chi connectivity index (χ0v) is 8.61. The van der Waals surface area contributed by atoms with Crippen LogP contribution in [0, 0.1) is 10.1 Å². The molecule has 6 nitrogen and oxygen atoms in total. The van der Waals surface area contributed by atoms with E-state index in [4.69, 9.17) is 0 Å². The summed E-state index contributed by atoms with van der Waals surface area (Å²) >= 11 is 0. The minimum absolute atomic E-state index is 0.0501. The van der Waals surface area contributed by atoms with Gasteiger partial charge in [0.2, 0.25) is 0 Å². The number of nitro benzene ring substituents is 1. The number of rotatable bonds is 3. The first-order valence-corrected chi connectivity index (χ1v) is 4.72. The molecule has 6 heteroatoms. The van der Waals surface area contributed by atoms with Crippen LogP contribution in [-0.2, 0) is 0 Å². The Bertz CT molecular complexity index is 552. The van der Waals surface area contributed by atoms with Gasteiger partial charge in [0.15, 0.2) is 5.78 Å². The van der Waals surface area contributed by atoms with Crippen LogP contribution in [0.2, 0.25) is 0 Å². The standard InChI is InChI=1S/C11H7N3O3/c15-11(9-5-12-7-13-6-9)8-1-3-10(4-2-8)14(16)17/h1-7H. The van der Waals surface area contributed by atoms with Crippen LogP contribution in [0.4, 0.5) is 5.69 Å². The van der Waals surface area contributed by atoms with Crippen LogP contribution in [0.1, 0.15) is 15.9 Å². The number of aromatic nitrogens is 2. The number of non-ortho nitro benzene ring substituents is 1. The maximum Gasteiger partial charge on any atom is 0.269 e. The second kappa shape index (κ2) is 4.48. The van der Waals surface area contributed by atoms with Gasteiger partial charge in [0, 0.05) is 30.1 Å². The highest BCUT2D eigenvalue weighted by molar-refractivity contribution is 6.08. The molecule has 2 aromatic rings. The fraction of sp³-hybridized carbons (Fsp3) is 0. The Kier molecular flexibility index (Phi) is 2.87. The predicted octanol–water partition coefficient (Wildman–Crippen LogP) is 1.62. The van der Waals surface area contributed by atoms with Crippen molar-refractivity contribution in [2.75, 3.05) is 0 Å². The Morgan fingerprint density at radius 1 is 1.06 bits per heavy atom. The minimum Gasteiger partial charge on any atom is -0.288 e. The van der Waals surface area contributed by atoms with Crippen molar-refractivity contribution in [3.63, 3.8) is 0 Å². The molecule has 0 spiro atoms. The molecular weight excluding hydrogens is 222 g/mol. The van der Waals surface area contributed by atoms with E-state index in [2.05, 4.69) is 9.97 Å². The molecule has 0 unspecified atom stereocenters. The second-order valence-corrected chi connectivity index (χ2v) is 3.26. The molecule has 0 aliphatic rings. The summed E-state index contributed by atoms with van der Waals surface area (Å²) in [5, 5.41) is 10.5. The number of benzene rings is 1. The lowest BCUT2D eigenvalue weighted by molar-refractivity contribution is -0.384. The zero-order valence-electron chi connectivity index (χ0n) is 8.61. The van der Waals surface area contributed by atoms with E-state index in [9.17, 15) is 14.9 Å². The van der Waals surface area contributed by atoms with Crippen molar-refractivity contribution in [1.29, 1.82) is 0 Å². The van der Waals surface area contributed by atoms with Gasteiger partial charge in [-0.2, -0.15) is 0 Å². The van der Waals surface area contributed by atoms with Crippen LogP contribution >= 0.6 is 0 Å². The molecule has 0 N–H and O–H groups in total. The molecule has 0 aliphatic heterocycles. The van der Waals surface area contributed by atoms with Crippen molar-refractivity contribution in [2.45, 2.75) is 0 Å². The highest BCUT2D eigenvalue weighted by atomic mass is 16.6. The molecule has 0 bridgehead atoms. The van der Waals surface area contributed by atoms with Gasteiger partial charge in [-0.05, 0) is 12.1 Å². The molecule has 84 valence electrons. The maximum atomic E-state index is 11.9. The van der Waals surface area contributed by atoms with Crippen molar-refractivity contribution in [2.24, 2.45) is 0 Å². The highest BCUT2D eigenvalue weighted by Gasteiger charge is 2.11. The summed E-state index contributed by atoms with van der Waals surface area (Å²) in [4.78, 5) is 29.3. The fourth-order valence-electron chi connectivity index (χ4n) is 1.32. The van der Waals surface area contributed by atoms with Gasteiger partial charge < -0.3 is 0 Å². The SMILES string of the molecule is O=C(c1ccc([N+](=O)[O-])cc1)c1cncnc1. The second-order valence-electron chi connectivity index (χ2n) is 3.26. The molecule has 1 heterocycles. The fourth-order valence-corrected chi connectivity index (χ4v) is 1.32. The Labute approximate surface area is 96.1 Å². The molecule has 0 atom stereocenters. The molecule has 0 saturated heterocycles. The molecule has 1 aromatic carbocycles. The van der Waals surface area contributed by atoms with E-state index >= 15 is 0 Å². The number of hydrogen-bond donors (Lipinski definition) is 0. The third-order valence-electron chi connectivity index (χ3n) is 2.16. The number of nitro groups is 1. The number of hydrogen-bond acceptors (Lipinski definition) is 5. The van der Waals surface area contributed by atoms with Crippen LogP contribution in [0.3, 0.4) is 0 Å². The third kappa shape index (κ3) is 2.31. The predicted molar refractivity (Wildman–Crippen MR) is 58.6 cm³/mol. The van der Waals surface area contributed by atoms with E-state index in [0.29, 0.717) is 11.1 Å². The Balaban J connectivity index is 2.30. The van der Waals surface area contributed by atoms with Crippen molar-refractivity contribution in [1.82, 2.24) is 9.97 Å².